The van der Waals surface area contributed by atoms with E-state index < -0.39 is 24.4 Å². The molecule has 1 aliphatic rings. The molecule has 2 N–H and O–H groups in total. The summed E-state index contributed by atoms with van der Waals surface area (Å²) in [5.41, 5.74) is 3.00. The van der Waals surface area contributed by atoms with Gasteiger partial charge in [0.2, 0.25) is 5.91 Å². The molecule has 4 aromatic carbocycles. The molecule has 9 heteroatoms. The Labute approximate surface area is 235 Å². The smallest absolute Gasteiger partial charge is 0.329 e. The number of imide groups is 1. The van der Waals surface area contributed by atoms with Crippen molar-refractivity contribution >= 4 is 63.6 Å². The zero-order chi connectivity index (χ0) is 27.5. The van der Waals surface area contributed by atoms with Crippen LogP contribution in [0.4, 0.5) is 10.5 Å². The zero-order valence-corrected chi connectivity index (χ0v) is 22.3. The number of carbonyl (C=O) groups excluding carboxylic acids is 3. The molecule has 0 aromatic heterocycles. The van der Waals surface area contributed by atoms with Crippen LogP contribution in [0.5, 0.6) is 5.75 Å². The first kappa shape index (κ1) is 26.3. The van der Waals surface area contributed by atoms with Gasteiger partial charge in [-0.15, -0.1) is 0 Å². The molecule has 1 saturated heterocycles. The number of ether oxygens (including phenoxy) is 1. The van der Waals surface area contributed by atoms with E-state index in [0.717, 1.165) is 26.8 Å². The fourth-order valence-corrected chi connectivity index (χ4v) is 4.65. The number of fused-ring (bicyclic) bond motifs is 1. The number of benzene rings is 4. The maximum absolute atomic E-state index is 13.2. The van der Waals surface area contributed by atoms with E-state index in [0.29, 0.717) is 27.0 Å². The fraction of sp³-hybridized carbons (Fsp3) is 0.100. The number of nitrogens with zero attached hydrogens (tertiary/aromatic N) is 1. The van der Waals surface area contributed by atoms with Crippen molar-refractivity contribution in [1.82, 2.24) is 10.2 Å². The minimum absolute atomic E-state index is 0.0360. The van der Waals surface area contributed by atoms with E-state index in [1.165, 1.54) is 0 Å². The number of hydrogen-bond donors (Lipinski definition) is 2. The predicted octanol–water partition coefficient (Wildman–Crippen LogP) is 6.57. The zero-order valence-electron chi connectivity index (χ0n) is 20.8. The lowest BCUT2D eigenvalue weighted by Gasteiger charge is -2.14. The van der Waals surface area contributed by atoms with Gasteiger partial charge in [-0.25, -0.2) is 9.69 Å². The third-order valence-electron chi connectivity index (χ3n) is 6.22. The number of amides is 4. The van der Waals surface area contributed by atoms with Crippen molar-refractivity contribution < 1.29 is 19.1 Å². The highest BCUT2D eigenvalue weighted by Gasteiger charge is 2.35. The molecule has 0 spiro atoms. The molecule has 1 fully saturated rings. The Morgan fingerprint density at radius 3 is 2.54 bits per heavy atom. The largest absolute Gasteiger partial charge is 0.488 e. The van der Waals surface area contributed by atoms with E-state index in [-0.39, 0.29) is 12.3 Å². The molecule has 4 aromatic rings. The first-order valence-electron chi connectivity index (χ1n) is 12.1. The van der Waals surface area contributed by atoms with Crippen LogP contribution >= 0.6 is 23.2 Å². The van der Waals surface area contributed by atoms with E-state index in [4.69, 9.17) is 27.9 Å². The number of anilines is 1. The van der Waals surface area contributed by atoms with Crippen molar-refractivity contribution in [3.05, 3.63) is 111 Å². The van der Waals surface area contributed by atoms with Crippen LogP contribution in [-0.4, -0.2) is 29.3 Å². The molecule has 0 atom stereocenters. The molecular weight excluding hydrogens is 537 g/mol. The predicted molar refractivity (Wildman–Crippen MR) is 153 cm³/mol. The topological polar surface area (TPSA) is 87.7 Å². The Bertz CT molecular complexity index is 1630. The molecule has 1 aliphatic heterocycles. The monoisotopic (exact) mass is 559 g/mol. The highest BCUT2D eigenvalue weighted by Crippen LogP contribution is 2.32. The molecule has 196 valence electrons. The lowest BCUT2D eigenvalue weighted by Crippen LogP contribution is -2.38. The first-order valence-corrected chi connectivity index (χ1v) is 12.8. The number of hydrogen-bond acceptors (Lipinski definition) is 4. The minimum atomic E-state index is -0.680. The molecule has 39 heavy (non-hydrogen) atoms. The first-order chi connectivity index (χ1) is 18.8. The quantitative estimate of drug-likeness (QED) is 0.198. The van der Waals surface area contributed by atoms with Crippen LogP contribution in [0, 0.1) is 6.92 Å². The summed E-state index contributed by atoms with van der Waals surface area (Å²) in [4.78, 5) is 39.3. The Morgan fingerprint density at radius 2 is 1.77 bits per heavy atom. The van der Waals surface area contributed by atoms with Crippen LogP contribution in [0.15, 0.2) is 84.6 Å². The second-order valence-electron chi connectivity index (χ2n) is 9.02. The van der Waals surface area contributed by atoms with E-state index >= 15 is 0 Å². The number of aryl methyl sites for hydroxylation is 1. The third-order valence-corrected chi connectivity index (χ3v) is 6.80. The number of halogens is 2. The Balaban J connectivity index is 1.40. The van der Waals surface area contributed by atoms with Crippen LogP contribution in [0.3, 0.4) is 0 Å². The summed E-state index contributed by atoms with van der Waals surface area (Å²) in [6.45, 7) is 1.67. The van der Waals surface area contributed by atoms with E-state index in [9.17, 15) is 14.4 Å². The number of rotatable bonds is 7. The maximum Gasteiger partial charge on any atom is 0.329 e. The highest BCUT2D eigenvalue weighted by atomic mass is 35.5. The summed E-state index contributed by atoms with van der Waals surface area (Å²) < 4.78 is 6.12. The van der Waals surface area contributed by atoms with Crippen LogP contribution in [-0.2, 0) is 16.2 Å². The highest BCUT2D eigenvalue weighted by molar-refractivity contribution is 6.35. The van der Waals surface area contributed by atoms with Crippen LogP contribution in [0.25, 0.3) is 16.8 Å². The number of urea groups is 1. The third kappa shape index (κ3) is 5.90. The number of nitrogens with one attached hydrogen (secondary N) is 2. The standard InChI is InChI=1S/C30H23Cl2N3O4/c1-18-6-11-22(12-7-18)33-28(36)16-35-29(37)26(34-30(35)38)15-24-23-5-3-2-4-19(23)9-13-27(24)39-17-20-8-10-21(31)14-25(20)32/h2-15H,16-17H2,1H3,(H,33,36)(H,34,38). The molecule has 7 nitrogen and oxygen atoms in total. The average Bonchev–Trinajstić information content (AvgIpc) is 3.17. The van der Waals surface area contributed by atoms with Crippen molar-refractivity contribution in [3.63, 3.8) is 0 Å². The maximum atomic E-state index is 13.2. The van der Waals surface area contributed by atoms with Crippen LogP contribution in [0.1, 0.15) is 16.7 Å². The van der Waals surface area contributed by atoms with Gasteiger partial charge in [-0.3, -0.25) is 9.59 Å². The summed E-state index contributed by atoms with van der Waals surface area (Å²) >= 11 is 12.3. The molecule has 0 radical (unpaired) electrons. The van der Waals surface area contributed by atoms with E-state index in [1.54, 1.807) is 42.5 Å². The van der Waals surface area contributed by atoms with Gasteiger partial charge in [-0.1, -0.05) is 77.3 Å². The van der Waals surface area contributed by atoms with Gasteiger partial charge < -0.3 is 15.4 Å². The molecule has 5 rings (SSSR count). The van der Waals surface area contributed by atoms with Crippen molar-refractivity contribution in [2.24, 2.45) is 0 Å². The molecule has 0 aliphatic carbocycles. The van der Waals surface area contributed by atoms with Crippen molar-refractivity contribution in [1.29, 1.82) is 0 Å². The van der Waals surface area contributed by atoms with Gasteiger partial charge >= 0.3 is 6.03 Å². The molecule has 0 unspecified atom stereocenters. The molecule has 4 amide bonds. The van der Waals surface area contributed by atoms with Gasteiger partial charge in [0.1, 0.15) is 24.6 Å². The number of carbonyl (C=O) groups is 3. The Morgan fingerprint density at radius 1 is 1.00 bits per heavy atom. The van der Waals surface area contributed by atoms with Gasteiger partial charge in [-0.2, -0.15) is 0 Å². The van der Waals surface area contributed by atoms with E-state index in [1.807, 2.05) is 49.4 Å². The second-order valence-corrected chi connectivity index (χ2v) is 9.86. The minimum Gasteiger partial charge on any atom is -0.488 e. The summed E-state index contributed by atoms with van der Waals surface area (Å²) in [6.07, 6.45) is 1.57. The molecule has 0 saturated carbocycles. The van der Waals surface area contributed by atoms with Gasteiger partial charge in [0.05, 0.1) is 0 Å². The molecule has 0 bridgehead atoms. The second kappa shape index (κ2) is 11.2. The lowest BCUT2D eigenvalue weighted by molar-refractivity contribution is -0.127. The van der Waals surface area contributed by atoms with Crippen LogP contribution < -0.4 is 15.4 Å². The summed E-state index contributed by atoms with van der Waals surface area (Å²) in [5, 5.41) is 8.03. The molecule has 1 heterocycles. The fourth-order valence-electron chi connectivity index (χ4n) is 4.19. The van der Waals surface area contributed by atoms with Crippen molar-refractivity contribution in [2.45, 2.75) is 13.5 Å². The van der Waals surface area contributed by atoms with Gasteiger partial charge in [0.25, 0.3) is 5.91 Å². The van der Waals surface area contributed by atoms with Gasteiger partial charge in [-0.05, 0) is 54.1 Å². The van der Waals surface area contributed by atoms with Gasteiger partial charge in [0, 0.05) is 26.9 Å². The summed E-state index contributed by atoms with van der Waals surface area (Å²) in [5.74, 6) is -0.610. The van der Waals surface area contributed by atoms with Crippen molar-refractivity contribution in [2.75, 3.05) is 11.9 Å². The normalized spacial score (nSPS) is 14.1. The SMILES string of the molecule is Cc1ccc(NC(=O)CN2C(=O)NC(=Cc3c(OCc4ccc(Cl)cc4Cl)ccc4ccccc34)C2=O)cc1. The Kier molecular flexibility index (Phi) is 7.54. The summed E-state index contributed by atoms with van der Waals surface area (Å²) in [6, 6.07) is 23.0. The Hall–Kier alpha value is -4.33. The average molecular weight is 560 g/mol. The van der Waals surface area contributed by atoms with Gasteiger partial charge in [0.15, 0.2) is 0 Å². The van der Waals surface area contributed by atoms with Crippen LogP contribution in [0.2, 0.25) is 10.0 Å². The summed E-state index contributed by atoms with van der Waals surface area (Å²) in [7, 11) is 0. The van der Waals surface area contributed by atoms with Crippen molar-refractivity contribution in [3.8, 4) is 5.75 Å². The molecular formula is C30H23Cl2N3O4. The lowest BCUT2D eigenvalue weighted by atomic mass is 10.0. The van der Waals surface area contributed by atoms with E-state index in [2.05, 4.69) is 10.6 Å².